The Morgan fingerprint density at radius 3 is 2.45 bits per heavy atom. The third-order valence-electron chi connectivity index (χ3n) is 7.44. The quantitative estimate of drug-likeness (QED) is 0.357. The van der Waals surface area contributed by atoms with Crippen LogP contribution in [0.25, 0.3) is 25.9 Å². The minimum atomic E-state index is -1.33. The van der Waals surface area contributed by atoms with Gasteiger partial charge in [-0.2, -0.15) is 0 Å². The molecule has 1 saturated heterocycles. The number of amides is 1. The molecule has 2 aliphatic rings. The van der Waals surface area contributed by atoms with E-state index in [1.165, 1.54) is 23.5 Å². The third kappa shape index (κ3) is 3.76. The summed E-state index contributed by atoms with van der Waals surface area (Å²) in [7, 11) is 0. The molecule has 4 heterocycles. The van der Waals surface area contributed by atoms with Gasteiger partial charge in [-0.3, -0.25) is 14.0 Å². The first-order valence-corrected chi connectivity index (χ1v) is 13.6. The molecule has 1 atom stereocenters. The maximum Gasteiger partial charge on any atom is 0.342 e. The Labute approximate surface area is 230 Å². The van der Waals surface area contributed by atoms with Crippen LogP contribution in [0.15, 0.2) is 65.5 Å². The maximum atomic E-state index is 15.6. The number of carbonyl (C=O) groups is 2. The van der Waals surface area contributed by atoms with Crippen LogP contribution in [0.5, 0.6) is 11.5 Å². The van der Waals surface area contributed by atoms with E-state index in [4.69, 9.17) is 9.47 Å². The topological polar surface area (TPSA) is 101 Å². The van der Waals surface area contributed by atoms with E-state index in [2.05, 4.69) is 0 Å². The van der Waals surface area contributed by atoms with Crippen molar-refractivity contribution >= 4 is 54.9 Å². The van der Waals surface area contributed by atoms with E-state index in [-0.39, 0.29) is 34.0 Å². The van der Waals surface area contributed by atoms with Crippen LogP contribution in [0.2, 0.25) is 0 Å². The van der Waals surface area contributed by atoms with Crippen molar-refractivity contribution in [1.82, 2.24) is 9.30 Å². The van der Waals surface area contributed by atoms with Crippen LogP contribution in [-0.4, -0.2) is 65.2 Å². The zero-order valence-electron chi connectivity index (χ0n) is 21.0. The van der Waals surface area contributed by atoms with Gasteiger partial charge in [0.1, 0.15) is 22.8 Å². The molecule has 11 heteroatoms. The van der Waals surface area contributed by atoms with Crippen molar-refractivity contribution in [3.63, 3.8) is 0 Å². The molecule has 202 valence electrons. The molecule has 1 unspecified atom stereocenters. The lowest BCUT2D eigenvalue weighted by atomic mass is 10.1. The van der Waals surface area contributed by atoms with Gasteiger partial charge in [-0.1, -0.05) is 24.3 Å². The first kappa shape index (κ1) is 24.4. The summed E-state index contributed by atoms with van der Waals surface area (Å²) in [6.07, 6.45) is -0.767. The second kappa shape index (κ2) is 9.23. The second-order valence-electron chi connectivity index (χ2n) is 9.72. The predicted octanol–water partition coefficient (Wildman–Crippen LogP) is 3.99. The number of anilines is 1. The number of ether oxygens (including phenoxy) is 2. The van der Waals surface area contributed by atoms with E-state index >= 15 is 4.39 Å². The van der Waals surface area contributed by atoms with E-state index < -0.39 is 23.3 Å². The Bertz CT molecular complexity index is 1910. The van der Waals surface area contributed by atoms with Gasteiger partial charge in [-0.05, 0) is 30.3 Å². The van der Waals surface area contributed by atoms with Crippen LogP contribution in [-0.2, 0) is 4.79 Å². The van der Waals surface area contributed by atoms with Crippen molar-refractivity contribution in [1.29, 1.82) is 0 Å². The molecule has 1 N–H and O–H groups in total. The molecular formula is C29H22FN3O6S. The summed E-state index contributed by atoms with van der Waals surface area (Å²) in [6.45, 7) is 1.41. The van der Waals surface area contributed by atoms with E-state index in [0.29, 0.717) is 48.7 Å². The third-order valence-corrected chi connectivity index (χ3v) is 8.58. The summed E-state index contributed by atoms with van der Waals surface area (Å²) in [5, 5.41) is 10.0. The molecule has 1 amide bonds. The normalized spacial score (nSPS) is 17.1. The van der Waals surface area contributed by atoms with Gasteiger partial charge >= 0.3 is 5.97 Å². The van der Waals surface area contributed by atoms with Crippen molar-refractivity contribution in [2.75, 3.05) is 37.7 Å². The zero-order chi connectivity index (χ0) is 27.5. The number of piperazine rings is 1. The SMILES string of the molecule is O=C(O)c1c(=O)c2cc(N3CCN(C(=O)C4COc5ccccc5O4)CC3)c(F)cc2n2c1sc1ccccc12. The highest BCUT2D eigenvalue weighted by Crippen LogP contribution is 2.34. The fourth-order valence-electron chi connectivity index (χ4n) is 5.48. The molecule has 3 aromatic carbocycles. The summed E-state index contributed by atoms with van der Waals surface area (Å²) in [5.74, 6) is -0.949. The minimum absolute atomic E-state index is 0.108. The van der Waals surface area contributed by atoms with E-state index in [1.807, 2.05) is 36.4 Å². The van der Waals surface area contributed by atoms with Crippen LogP contribution in [0.1, 0.15) is 10.4 Å². The Morgan fingerprint density at radius 1 is 0.950 bits per heavy atom. The molecule has 9 nitrogen and oxygen atoms in total. The van der Waals surface area contributed by atoms with Crippen molar-refractivity contribution in [3.8, 4) is 11.5 Å². The second-order valence-corrected chi connectivity index (χ2v) is 10.7. The highest BCUT2D eigenvalue weighted by molar-refractivity contribution is 7.24. The average molecular weight is 560 g/mol. The smallest absolute Gasteiger partial charge is 0.342 e. The summed E-state index contributed by atoms with van der Waals surface area (Å²) < 4.78 is 29.6. The Morgan fingerprint density at radius 2 is 1.68 bits per heavy atom. The summed E-state index contributed by atoms with van der Waals surface area (Å²) in [4.78, 5) is 42.4. The maximum absolute atomic E-state index is 15.6. The fourth-order valence-corrected chi connectivity index (χ4v) is 6.67. The fraction of sp³-hybridized carbons (Fsp3) is 0.207. The summed E-state index contributed by atoms with van der Waals surface area (Å²) in [6, 6.07) is 17.2. The molecule has 7 rings (SSSR count). The number of pyridine rings is 1. The van der Waals surface area contributed by atoms with Gasteiger partial charge in [0.2, 0.25) is 11.5 Å². The van der Waals surface area contributed by atoms with Crippen molar-refractivity contribution in [2.24, 2.45) is 0 Å². The molecule has 5 aromatic rings. The van der Waals surface area contributed by atoms with E-state index in [9.17, 15) is 19.5 Å². The lowest BCUT2D eigenvalue weighted by Crippen LogP contribution is -2.54. The Kier molecular flexibility index (Phi) is 5.63. The molecule has 0 aliphatic carbocycles. The molecule has 40 heavy (non-hydrogen) atoms. The molecule has 1 fully saturated rings. The van der Waals surface area contributed by atoms with Crippen molar-refractivity contribution < 1.29 is 28.6 Å². The van der Waals surface area contributed by atoms with Gasteiger partial charge in [-0.25, -0.2) is 9.18 Å². The van der Waals surface area contributed by atoms with Gasteiger partial charge in [0.15, 0.2) is 11.5 Å². The van der Waals surface area contributed by atoms with Gasteiger partial charge in [0.05, 0.1) is 21.4 Å². The number of thiazole rings is 1. The van der Waals surface area contributed by atoms with Crippen LogP contribution in [0, 0.1) is 5.82 Å². The molecule has 2 aliphatic heterocycles. The summed E-state index contributed by atoms with van der Waals surface area (Å²) in [5.41, 5.74) is 0.216. The first-order valence-electron chi connectivity index (χ1n) is 12.8. The lowest BCUT2D eigenvalue weighted by Gasteiger charge is -2.38. The predicted molar refractivity (Wildman–Crippen MR) is 149 cm³/mol. The zero-order valence-corrected chi connectivity index (χ0v) is 21.8. The van der Waals surface area contributed by atoms with E-state index in [1.54, 1.807) is 26.3 Å². The number of hydrogen-bond donors (Lipinski definition) is 1. The summed E-state index contributed by atoms with van der Waals surface area (Å²) >= 11 is 1.19. The van der Waals surface area contributed by atoms with E-state index in [0.717, 1.165) is 4.70 Å². The van der Waals surface area contributed by atoms with Crippen LogP contribution in [0.4, 0.5) is 10.1 Å². The number of benzene rings is 3. The molecule has 0 radical (unpaired) electrons. The van der Waals surface area contributed by atoms with Gasteiger partial charge < -0.3 is 24.4 Å². The van der Waals surface area contributed by atoms with Gasteiger partial charge in [0.25, 0.3) is 5.91 Å². The number of carbonyl (C=O) groups excluding carboxylic acids is 1. The molecular weight excluding hydrogens is 537 g/mol. The van der Waals surface area contributed by atoms with Crippen molar-refractivity contribution in [3.05, 3.63) is 82.3 Å². The Hall–Kier alpha value is -4.64. The largest absolute Gasteiger partial charge is 0.485 e. The van der Waals surface area contributed by atoms with Crippen LogP contribution in [0.3, 0.4) is 0 Å². The van der Waals surface area contributed by atoms with Crippen molar-refractivity contribution in [2.45, 2.75) is 6.10 Å². The average Bonchev–Trinajstić information content (AvgIpc) is 3.35. The highest BCUT2D eigenvalue weighted by atomic mass is 32.1. The van der Waals surface area contributed by atoms with Crippen LogP contribution < -0.4 is 19.8 Å². The number of nitrogens with zero attached hydrogens (tertiary/aromatic N) is 3. The highest BCUT2D eigenvalue weighted by Gasteiger charge is 2.33. The number of carboxylic acid groups (broad SMARTS) is 1. The number of aromatic nitrogens is 1. The number of hydrogen-bond acceptors (Lipinski definition) is 7. The number of halogens is 1. The van der Waals surface area contributed by atoms with Gasteiger partial charge in [0, 0.05) is 37.6 Å². The Balaban J connectivity index is 1.20. The monoisotopic (exact) mass is 559 g/mol. The molecule has 2 aromatic heterocycles. The molecule has 0 spiro atoms. The number of carboxylic acids is 1. The van der Waals surface area contributed by atoms with Crippen LogP contribution >= 0.6 is 11.3 Å². The number of aromatic carboxylic acids is 1. The minimum Gasteiger partial charge on any atom is -0.485 e. The lowest BCUT2D eigenvalue weighted by molar-refractivity contribution is -0.141. The number of fused-ring (bicyclic) bond motifs is 6. The van der Waals surface area contributed by atoms with Gasteiger partial charge in [-0.15, -0.1) is 11.3 Å². The standard InChI is InChI=1S/C29H22FN3O6S/c30-17-14-19-16(26(34)25(29(36)37)28-33(19)18-5-1-4-8-24(18)40-28)13-20(17)31-9-11-32(12-10-31)27(35)23-15-38-21-6-2-3-7-22(21)39-23/h1-8,13-14,23H,9-12,15H2,(H,36,37). The molecule has 0 saturated carbocycles. The number of rotatable bonds is 3. The molecule has 0 bridgehead atoms. The number of para-hydroxylation sites is 3. The first-order chi connectivity index (χ1) is 19.4.